The van der Waals surface area contributed by atoms with Crippen molar-refractivity contribution in [3.8, 4) is 5.69 Å². The number of nitrogens with zero attached hydrogens (tertiary/aromatic N) is 3. The molecule has 2 atom stereocenters. The molecule has 1 saturated heterocycles. The van der Waals surface area contributed by atoms with Crippen LogP contribution in [-0.4, -0.2) is 14.7 Å². The lowest BCUT2D eigenvalue weighted by atomic mass is 10.0. The van der Waals surface area contributed by atoms with Crippen LogP contribution < -0.4 is 10.2 Å². The molecule has 0 saturated carbocycles. The van der Waals surface area contributed by atoms with Crippen LogP contribution in [0.25, 0.3) is 5.69 Å². The van der Waals surface area contributed by atoms with Gasteiger partial charge in [0.2, 0.25) is 0 Å². The first-order valence-electron chi connectivity index (χ1n) is 11.1. The molecule has 2 aromatic heterocycles. The average molecular weight is 473 g/mol. The van der Waals surface area contributed by atoms with Crippen molar-refractivity contribution >= 4 is 34.6 Å². The molecule has 6 heteroatoms. The number of pyridine rings is 1. The molecule has 33 heavy (non-hydrogen) atoms. The van der Waals surface area contributed by atoms with Gasteiger partial charge in [0.1, 0.15) is 6.04 Å². The Morgan fingerprint density at radius 3 is 2.48 bits per heavy atom. The molecule has 0 bridgehead atoms. The average Bonchev–Trinajstić information content (AvgIpc) is 3.46. The fourth-order valence-corrected chi connectivity index (χ4v) is 4.94. The predicted octanol–water partition coefficient (Wildman–Crippen LogP) is 6.57. The van der Waals surface area contributed by atoms with Crippen molar-refractivity contribution in [2.75, 3.05) is 4.90 Å². The number of rotatable bonds is 5. The molecule has 0 amide bonds. The summed E-state index contributed by atoms with van der Waals surface area (Å²) in [4.78, 5) is 6.87. The Hall–Kier alpha value is -3.15. The molecular formula is C27H25ClN4S. The molecule has 4 nitrogen and oxygen atoms in total. The van der Waals surface area contributed by atoms with Gasteiger partial charge in [0.25, 0.3) is 0 Å². The summed E-state index contributed by atoms with van der Waals surface area (Å²) in [5, 5.41) is 5.00. The summed E-state index contributed by atoms with van der Waals surface area (Å²) >= 11 is 12.2. The third-order valence-corrected chi connectivity index (χ3v) is 6.96. The van der Waals surface area contributed by atoms with E-state index in [0.717, 1.165) is 39.8 Å². The highest BCUT2D eigenvalue weighted by Crippen LogP contribution is 2.42. The van der Waals surface area contributed by atoms with E-state index in [1.165, 1.54) is 5.56 Å². The van der Waals surface area contributed by atoms with Gasteiger partial charge in [-0.1, -0.05) is 36.7 Å². The quantitative estimate of drug-likeness (QED) is 0.333. The first-order valence-corrected chi connectivity index (χ1v) is 11.9. The van der Waals surface area contributed by atoms with Gasteiger partial charge in [-0.25, -0.2) is 0 Å². The molecular weight excluding hydrogens is 448 g/mol. The topological polar surface area (TPSA) is 33.1 Å². The molecule has 1 aliphatic heterocycles. The van der Waals surface area contributed by atoms with E-state index in [-0.39, 0.29) is 12.1 Å². The minimum absolute atomic E-state index is 0.0779. The van der Waals surface area contributed by atoms with E-state index in [0.29, 0.717) is 5.11 Å². The molecule has 1 fully saturated rings. The van der Waals surface area contributed by atoms with Crippen molar-refractivity contribution < 1.29 is 0 Å². The molecule has 0 radical (unpaired) electrons. The second-order valence-electron chi connectivity index (χ2n) is 8.25. The van der Waals surface area contributed by atoms with Gasteiger partial charge in [0.15, 0.2) is 5.11 Å². The van der Waals surface area contributed by atoms with E-state index in [2.05, 4.69) is 87.5 Å². The largest absolute Gasteiger partial charge is 0.351 e. The van der Waals surface area contributed by atoms with Gasteiger partial charge in [-0.3, -0.25) is 4.98 Å². The van der Waals surface area contributed by atoms with Crippen LogP contribution in [0.5, 0.6) is 0 Å². The molecule has 2 aromatic carbocycles. The standard InChI is InChI=1S/C27H25ClN4S/c1-3-19-9-11-20(12-10-19)32-26(25(30-27(32)33)23-7-4-5-15-29-23)24-8-6-16-31(24)21-13-14-22(28)18(2)17-21/h4-17,25-26H,3H2,1-2H3,(H,30,33). The van der Waals surface area contributed by atoms with Crippen LogP contribution in [0.4, 0.5) is 5.69 Å². The molecule has 1 aliphatic rings. The number of aryl methyl sites for hydroxylation is 2. The monoisotopic (exact) mass is 472 g/mol. The van der Waals surface area contributed by atoms with Gasteiger partial charge in [-0.2, -0.15) is 0 Å². The van der Waals surface area contributed by atoms with E-state index in [9.17, 15) is 0 Å². The van der Waals surface area contributed by atoms with Crippen molar-refractivity contribution in [3.63, 3.8) is 0 Å². The Bertz CT molecular complexity index is 1280. The maximum absolute atomic E-state index is 6.31. The number of halogens is 1. The predicted molar refractivity (Wildman–Crippen MR) is 139 cm³/mol. The van der Waals surface area contributed by atoms with Crippen LogP contribution in [0.3, 0.4) is 0 Å². The Morgan fingerprint density at radius 1 is 1.00 bits per heavy atom. The van der Waals surface area contributed by atoms with Gasteiger partial charge in [-0.15, -0.1) is 0 Å². The molecule has 4 aromatic rings. The molecule has 166 valence electrons. The summed E-state index contributed by atoms with van der Waals surface area (Å²) in [5.74, 6) is 0. The summed E-state index contributed by atoms with van der Waals surface area (Å²) in [6.07, 6.45) is 4.92. The third kappa shape index (κ3) is 4.03. The van der Waals surface area contributed by atoms with E-state index < -0.39 is 0 Å². The molecule has 1 N–H and O–H groups in total. The van der Waals surface area contributed by atoms with Gasteiger partial charge in [0.05, 0.1) is 11.7 Å². The van der Waals surface area contributed by atoms with E-state index in [1.807, 2.05) is 31.3 Å². The Morgan fingerprint density at radius 2 is 1.79 bits per heavy atom. The number of hydrogen-bond acceptors (Lipinski definition) is 2. The fraction of sp³-hybridized carbons (Fsp3) is 0.185. The van der Waals surface area contributed by atoms with Crippen molar-refractivity contribution in [1.82, 2.24) is 14.9 Å². The minimum Gasteiger partial charge on any atom is -0.351 e. The van der Waals surface area contributed by atoms with E-state index >= 15 is 0 Å². The zero-order valence-corrected chi connectivity index (χ0v) is 20.1. The maximum Gasteiger partial charge on any atom is 0.174 e. The number of aromatic nitrogens is 2. The first kappa shape index (κ1) is 21.7. The highest BCUT2D eigenvalue weighted by Gasteiger charge is 2.42. The zero-order valence-electron chi connectivity index (χ0n) is 18.6. The summed E-state index contributed by atoms with van der Waals surface area (Å²) in [7, 11) is 0. The summed E-state index contributed by atoms with van der Waals surface area (Å²) in [6.45, 7) is 4.19. The van der Waals surface area contributed by atoms with Crippen LogP contribution >= 0.6 is 23.8 Å². The number of anilines is 1. The maximum atomic E-state index is 6.31. The summed E-state index contributed by atoms with van der Waals surface area (Å²) in [6, 6.07) is 24.8. The molecule has 3 heterocycles. The highest BCUT2D eigenvalue weighted by molar-refractivity contribution is 7.80. The van der Waals surface area contributed by atoms with Gasteiger partial charge in [-0.05, 0) is 91.3 Å². The zero-order chi connectivity index (χ0) is 22.9. The molecule has 0 spiro atoms. The minimum atomic E-state index is -0.0911. The Kier molecular flexibility index (Phi) is 5.92. The number of nitrogens with one attached hydrogen (secondary N) is 1. The molecule has 0 aliphatic carbocycles. The lowest BCUT2D eigenvalue weighted by Gasteiger charge is -2.29. The summed E-state index contributed by atoms with van der Waals surface area (Å²) in [5.41, 5.74) is 6.55. The molecule has 2 unspecified atom stereocenters. The van der Waals surface area contributed by atoms with Crippen molar-refractivity contribution in [2.45, 2.75) is 32.4 Å². The fourth-order valence-electron chi connectivity index (χ4n) is 4.47. The van der Waals surface area contributed by atoms with Crippen LogP contribution in [0.1, 0.15) is 41.5 Å². The van der Waals surface area contributed by atoms with Crippen molar-refractivity contribution in [2.24, 2.45) is 0 Å². The number of thiocarbonyl (C=S) groups is 1. The molecule has 5 rings (SSSR count). The Labute approximate surface area is 204 Å². The summed E-state index contributed by atoms with van der Waals surface area (Å²) < 4.78 is 2.22. The highest BCUT2D eigenvalue weighted by atomic mass is 35.5. The van der Waals surface area contributed by atoms with E-state index in [4.69, 9.17) is 23.8 Å². The second kappa shape index (κ2) is 9.00. The second-order valence-corrected chi connectivity index (χ2v) is 9.05. The normalized spacial score (nSPS) is 17.9. The van der Waals surface area contributed by atoms with Gasteiger partial charge >= 0.3 is 0 Å². The lowest BCUT2D eigenvalue weighted by molar-refractivity contribution is 0.549. The van der Waals surface area contributed by atoms with Crippen LogP contribution in [0.2, 0.25) is 5.02 Å². The van der Waals surface area contributed by atoms with Crippen molar-refractivity contribution in [1.29, 1.82) is 0 Å². The lowest BCUT2D eigenvalue weighted by Crippen LogP contribution is -2.30. The van der Waals surface area contributed by atoms with Gasteiger partial charge in [0, 0.05) is 34.5 Å². The first-order chi connectivity index (χ1) is 16.1. The van der Waals surface area contributed by atoms with Gasteiger partial charge < -0.3 is 14.8 Å². The SMILES string of the molecule is CCc1ccc(N2C(=S)NC(c3ccccn3)C2c2cccn2-c2ccc(Cl)c(C)c2)cc1. The Balaban J connectivity index is 1.65. The smallest absolute Gasteiger partial charge is 0.174 e. The van der Waals surface area contributed by atoms with Crippen molar-refractivity contribution in [3.05, 3.63) is 113 Å². The van der Waals surface area contributed by atoms with Crippen LogP contribution in [0, 0.1) is 6.92 Å². The van der Waals surface area contributed by atoms with Crippen LogP contribution in [0.15, 0.2) is 85.2 Å². The number of hydrogen-bond donors (Lipinski definition) is 1. The van der Waals surface area contributed by atoms with E-state index in [1.54, 1.807) is 0 Å². The number of benzene rings is 2. The van der Waals surface area contributed by atoms with Crippen LogP contribution in [-0.2, 0) is 6.42 Å². The third-order valence-electron chi connectivity index (χ3n) is 6.22.